The number of ether oxygens (including phenoxy) is 1. The van der Waals surface area contributed by atoms with Crippen molar-refractivity contribution in [2.75, 3.05) is 30.3 Å². The van der Waals surface area contributed by atoms with Crippen molar-refractivity contribution in [2.24, 2.45) is 5.92 Å². The van der Waals surface area contributed by atoms with Crippen LogP contribution in [0.2, 0.25) is 0 Å². The molecule has 2 aromatic rings. The van der Waals surface area contributed by atoms with Gasteiger partial charge in [0.2, 0.25) is 16.0 Å². The summed E-state index contributed by atoms with van der Waals surface area (Å²) >= 11 is 0. The number of nitrogens with one attached hydrogen (secondary N) is 2. The number of hydrogen-bond donors (Lipinski definition) is 2. The molecule has 186 valence electrons. The third-order valence-corrected chi connectivity index (χ3v) is 8.63. The molecule has 0 bridgehead atoms. The van der Waals surface area contributed by atoms with Gasteiger partial charge < -0.3 is 15.4 Å². The summed E-state index contributed by atoms with van der Waals surface area (Å²) < 4.78 is 48.6. The first-order chi connectivity index (χ1) is 16.0. The van der Waals surface area contributed by atoms with E-state index in [0.717, 1.165) is 12.5 Å². The molecule has 8 nitrogen and oxygen atoms in total. The molecule has 2 fully saturated rings. The first kappa shape index (κ1) is 24.8. The molecule has 10 heteroatoms. The summed E-state index contributed by atoms with van der Waals surface area (Å²) in [5.41, 5.74) is -0.238. The Labute approximate surface area is 201 Å². The lowest BCUT2D eigenvalue weighted by atomic mass is 9.87. The van der Waals surface area contributed by atoms with E-state index >= 15 is 0 Å². The van der Waals surface area contributed by atoms with E-state index in [1.54, 1.807) is 18.5 Å². The van der Waals surface area contributed by atoms with E-state index in [1.807, 2.05) is 13.8 Å². The van der Waals surface area contributed by atoms with Gasteiger partial charge in [0.05, 0.1) is 21.8 Å². The zero-order valence-electron chi connectivity index (χ0n) is 20.2. The van der Waals surface area contributed by atoms with E-state index in [4.69, 9.17) is 4.74 Å². The van der Waals surface area contributed by atoms with Crippen molar-refractivity contribution in [2.45, 2.75) is 69.1 Å². The molecule has 2 aliphatic rings. The zero-order chi connectivity index (χ0) is 24.6. The number of benzene rings is 1. The molecule has 2 saturated heterocycles. The van der Waals surface area contributed by atoms with Crippen LogP contribution in [0.5, 0.6) is 0 Å². The van der Waals surface area contributed by atoms with E-state index in [1.165, 1.54) is 16.4 Å². The molecular formula is C24H34FN5O3S. The van der Waals surface area contributed by atoms with Crippen LogP contribution in [0.25, 0.3) is 0 Å². The Morgan fingerprint density at radius 2 is 1.82 bits per heavy atom. The number of piperidine rings is 1. The lowest BCUT2D eigenvalue weighted by Crippen LogP contribution is -2.42. The standard InChI is InChI=1S/C24H34FN5O3S/c1-23(2)15-17(24(3,4)33-23)16-28-21-7-6-19(14-20(21)25)34(31,32)30-12-8-18(9-13-30)29-22-26-10-5-11-27-22/h5-7,10-11,14,17-18,28H,8-9,12-13,15-16H2,1-4H3,(H,26,27,29). The Morgan fingerprint density at radius 3 is 2.41 bits per heavy atom. The van der Waals surface area contributed by atoms with Crippen molar-refractivity contribution in [1.82, 2.24) is 14.3 Å². The van der Waals surface area contributed by atoms with Crippen LogP contribution in [-0.2, 0) is 14.8 Å². The highest BCUT2D eigenvalue weighted by Crippen LogP contribution is 2.42. The summed E-state index contributed by atoms with van der Waals surface area (Å²) in [6.45, 7) is 9.46. The van der Waals surface area contributed by atoms with Gasteiger partial charge in [0, 0.05) is 44.0 Å². The highest BCUT2D eigenvalue weighted by molar-refractivity contribution is 7.89. The fourth-order valence-corrected chi connectivity index (χ4v) is 6.45. The predicted molar refractivity (Wildman–Crippen MR) is 130 cm³/mol. The molecule has 0 aliphatic carbocycles. The molecule has 2 aliphatic heterocycles. The lowest BCUT2D eigenvalue weighted by Gasteiger charge is -2.31. The van der Waals surface area contributed by atoms with Gasteiger partial charge in [-0.2, -0.15) is 4.31 Å². The summed E-state index contributed by atoms with van der Waals surface area (Å²) in [5, 5.41) is 6.39. The fraction of sp³-hybridized carbons (Fsp3) is 0.583. The molecule has 4 rings (SSSR count). The van der Waals surface area contributed by atoms with Gasteiger partial charge in [0.25, 0.3) is 0 Å². The summed E-state index contributed by atoms with van der Waals surface area (Å²) in [4.78, 5) is 8.28. The first-order valence-corrected chi connectivity index (χ1v) is 13.2. The molecule has 2 N–H and O–H groups in total. The summed E-state index contributed by atoms with van der Waals surface area (Å²) in [6, 6.07) is 5.93. The zero-order valence-corrected chi connectivity index (χ0v) is 21.0. The van der Waals surface area contributed by atoms with Crippen LogP contribution in [-0.4, -0.2) is 59.6 Å². The minimum atomic E-state index is -3.78. The number of anilines is 2. The molecular weight excluding hydrogens is 457 g/mol. The molecule has 34 heavy (non-hydrogen) atoms. The molecule has 0 spiro atoms. The van der Waals surface area contributed by atoms with E-state index in [9.17, 15) is 12.8 Å². The van der Waals surface area contributed by atoms with Gasteiger partial charge in [-0.3, -0.25) is 0 Å². The number of halogens is 1. The molecule has 3 heterocycles. The van der Waals surface area contributed by atoms with Gasteiger partial charge in [-0.1, -0.05) is 0 Å². The Kier molecular flexibility index (Phi) is 6.85. The second-order valence-electron chi connectivity index (χ2n) is 10.3. The Morgan fingerprint density at radius 1 is 1.15 bits per heavy atom. The maximum Gasteiger partial charge on any atom is 0.243 e. The van der Waals surface area contributed by atoms with Gasteiger partial charge in [0.15, 0.2) is 0 Å². The average Bonchev–Trinajstić information content (AvgIpc) is 3.00. The van der Waals surface area contributed by atoms with Gasteiger partial charge in [-0.15, -0.1) is 0 Å². The molecule has 1 atom stereocenters. The Hall–Kier alpha value is -2.30. The Bertz CT molecular complexity index is 1100. The van der Waals surface area contributed by atoms with Crippen LogP contribution in [0.4, 0.5) is 16.0 Å². The van der Waals surface area contributed by atoms with Crippen LogP contribution >= 0.6 is 0 Å². The van der Waals surface area contributed by atoms with Gasteiger partial charge in [-0.25, -0.2) is 22.8 Å². The minimum absolute atomic E-state index is 0.0287. The van der Waals surface area contributed by atoms with Crippen LogP contribution in [0, 0.1) is 11.7 Å². The molecule has 0 radical (unpaired) electrons. The van der Waals surface area contributed by atoms with Crippen molar-refractivity contribution < 1.29 is 17.5 Å². The fourth-order valence-electron chi connectivity index (χ4n) is 4.97. The monoisotopic (exact) mass is 491 g/mol. The summed E-state index contributed by atoms with van der Waals surface area (Å²) in [5.74, 6) is 0.168. The maximum absolute atomic E-state index is 14.9. The van der Waals surface area contributed by atoms with Gasteiger partial charge in [0.1, 0.15) is 5.82 Å². The largest absolute Gasteiger partial charge is 0.382 e. The molecule has 1 aromatic carbocycles. The van der Waals surface area contributed by atoms with Crippen molar-refractivity contribution >= 4 is 21.7 Å². The highest BCUT2D eigenvalue weighted by Gasteiger charge is 2.45. The van der Waals surface area contributed by atoms with Crippen LogP contribution in [0.3, 0.4) is 0 Å². The highest BCUT2D eigenvalue weighted by atomic mass is 32.2. The third kappa shape index (κ3) is 5.50. The summed E-state index contributed by atoms with van der Waals surface area (Å²) in [7, 11) is -3.78. The minimum Gasteiger partial charge on any atom is -0.382 e. The number of hydrogen-bond acceptors (Lipinski definition) is 7. The normalized spacial score (nSPS) is 23.0. The number of aromatic nitrogens is 2. The molecule has 0 saturated carbocycles. The SMILES string of the molecule is CC1(C)CC(CNc2ccc(S(=O)(=O)N3CCC(Nc4ncccn4)CC3)cc2F)C(C)(C)O1. The van der Waals surface area contributed by atoms with Crippen molar-refractivity contribution in [3.05, 3.63) is 42.5 Å². The molecule has 0 amide bonds. The second kappa shape index (κ2) is 9.39. The first-order valence-electron chi connectivity index (χ1n) is 11.7. The van der Waals surface area contributed by atoms with Gasteiger partial charge in [-0.05, 0) is 71.2 Å². The van der Waals surface area contributed by atoms with Gasteiger partial charge >= 0.3 is 0 Å². The number of nitrogens with zero attached hydrogens (tertiary/aromatic N) is 3. The maximum atomic E-state index is 14.9. The predicted octanol–water partition coefficient (Wildman–Crippen LogP) is 3.89. The smallest absolute Gasteiger partial charge is 0.243 e. The van der Waals surface area contributed by atoms with Crippen LogP contribution in [0.15, 0.2) is 41.6 Å². The summed E-state index contributed by atoms with van der Waals surface area (Å²) in [6.07, 6.45) is 5.42. The van der Waals surface area contributed by atoms with Crippen LogP contribution in [0.1, 0.15) is 47.0 Å². The third-order valence-electron chi connectivity index (χ3n) is 6.73. The van der Waals surface area contributed by atoms with Crippen molar-refractivity contribution in [1.29, 1.82) is 0 Å². The van der Waals surface area contributed by atoms with E-state index < -0.39 is 15.8 Å². The average molecular weight is 492 g/mol. The second-order valence-corrected chi connectivity index (χ2v) is 12.2. The van der Waals surface area contributed by atoms with E-state index in [2.05, 4.69) is 34.4 Å². The number of sulfonamides is 1. The van der Waals surface area contributed by atoms with Crippen molar-refractivity contribution in [3.63, 3.8) is 0 Å². The molecule has 1 aromatic heterocycles. The topological polar surface area (TPSA) is 96.5 Å². The number of rotatable bonds is 7. The molecule has 1 unspecified atom stereocenters. The Balaban J connectivity index is 1.36. The van der Waals surface area contributed by atoms with Crippen LogP contribution < -0.4 is 10.6 Å². The van der Waals surface area contributed by atoms with E-state index in [0.29, 0.717) is 44.1 Å². The quantitative estimate of drug-likeness (QED) is 0.607. The van der Waals surface area contributed by atoms with E-state index in [-0.39, 0.29) is 28.1 Å². The lowest BCUT2D eigenvalue weighted by molar-refractivity contribution is -0.0733. The van der Waals surface area contributed by atoms with Crippen molar-refractivity contribution in [3.8, 4) is 0 Å².